The summed E-state index contributed by atoms with van der Waals surface area (Å²) in [5.74, 6) is -0.234. The predicted molar refractivity (Wildman–Crippen MR) is 78.9 cm³/mol. The molecular formula is C14H24N4O2. The van der Waals surface area contributed by atoms with Crippen LogP contribution in [0.3, 0.4) is 0 Å². The Morgan fingerprint density at radius 1 is 1.30 bits per heavy atom. The molecular weight excluding hydrogens is 256 g/mol. The number of rotatable bonds is 8. The van der Waals surface area contributed by atoms with Gasteiger partial charge in [-0.2, -0.15) is 5.10 Å². The van der Waals surface area contributed by atoms with Crippen molar-refractivity contribution >= 4 is 5.91 Å². The number of aryl methyl sites for hydroxylation is 1. The standard InChI is InChI=1S/C14H24N4O2/c1-4-10-18-13(19)8-7-12(16-18)14(20)15-9-11-17(5-2)6-3/h7-8H,4-6,9-11H2,1-3H3,(H,15,20). The van der Waals surface area contributed by atoms with E-state index < -0.39 is 0 Å². The Bertz CT molecular complexity index is 480. The molecule has 0 bridgehead atoms. The van der Waals surface area contributed by atoms with E-state index in [1.807, 2.05) is 6.92 Å². The van der Waals surface area contributed by atoms with Crippen LogP contribution in [0.5, 0.6) is 0 Å². The van der Waals surface area contributed by atoms with Gasteiger partial charge in [0, 0.05) is 25.7 Å². The maximum absolute atomic E-state index is 12.0. The van der Waals surface area contributed by atoms with Gasteiger partial charge < -0.3 is 10.2 Å². The maximum atomic E-state index is 12.0. The van der Waals surface area contributed by atoms with Crippen molar-refractivity contribution in [3.63, 3.8) is 0 Å². The molecule has 0 saturated carbocycles. The van der Waals surface area contributed by atoms with E-state index in [4.69, 9.17) is 0 Å². The van der Waals surface area contributed by atoms with Crippen LogP contribution in [-0.2, 0) is 6.54 Å². The van der Waals surface area contributed by atoms with E-state index in [1.165, 1.54) is 16.8 Å². The van der Waals surface area contributed by atoms with Crippen molar-refractivity contribution in [1.29, 1.82) is 0 Å². The van der Waals surface area contributed by atoms with Crippen LogP contribution >= 0.6 is 0 Å². The fraction of sp³-hybridized carbons (Fsp3) is 0.643. The number of amides is 1. The van der Waals surface area contributed by atoms with Crippen molar-refractivity contribution in [2.24, 2.45) is 0 Å². The van der Waals surface area contributed by atoms with Crippen molar-refractivity contribution in [3.8, 4) is 0 Å². The molecule has 0 saturated heterocycles. The van der Waals surface area contributed by atoms with Crippen LogP contribution in [0.25, 0.3) is 0 Å². The second-order valence-corrected chi connectivity index (χ2v) is 4.56. The summed E-state index contributed by atoms with van der Waals surface area (Å²) in [5, 5.41) is 6.91. The molecule has 0 aromatic carbocycles. The number of hydrogen-bond acceptors (Lipinski definition) is 4. The molecule has 1 amide bonds. The first kappa shape index (κ1) is 16.4. The highest BCUT2D eigenvalue weighted by Gasteiger charge is 2.09. The minimum Gasteiger partial charge on any atom is -0.349 e. The Morgan fingerprint density at radius 3 is 2.60 bits per heavy atom. The van der Waals surface area contributed by atoms with Gasteiger partial charge in [-0.25, -0.2) is 4.68 Å². The average Bonchev–Trinajstić information content (AvgIpc) is 2.46. The normalized spacial score (nSPS) is 10.8. The molecule has 0 aliphatic carbocycles. The number of hydrogen-bond donors (Lipinski definition) is 1. The molecule has 0 radical (unpaired) electrons. The predicted octanol–water partition coefficient (Wildman–Crippen LogP) is 0.725. The molecule has 0 aliphatic rings. The van der Waals surface area contributed by atoms with Gasteiger partial charge in [-0.1, -0.05) is 20.8 Å². The Kier molecular flexibility index (Phi) is 6.93. The van der Waals surface area contributed by atoms with Crippen LogP contribution in [0.15, 0.2) is 16.9 Å². The highest BCUT2D eigenvalue weighted by atomic mass is 16.2. The third-order valence-electron chi connectivity index (χ3n) is 3.14. The van der Waals surface area contributed by atoms with Gasteiger partial charge in [0.1, 0.15) is 5.69 Å². The summed E-state index contributed by atoms with van der Waals surface area (Å²) in [6.07, 6.45) is 0.805. The molecule has 0 spiro atoms. The van der Waals surface area contributed by atoms with Crippen molar-refractivity contribution < 1.29 is 4.79 Å². The first-order valence-electron chi connectivity index (χ1n) is 7.21. The zero-order valence-corrected chi connectivity index (χ0v) is 12.6. The molecule has 1 aromatic heterocycles. The van der Waals surface area contributed by atoms with Crippen molar-refractivity contribution in [3.05, 3.63) is 28.2 Å². The lowest BCUT2D eigenvalue weighted by atomic mass is 10.3. The van der Waals surface area contributed by atoms with Gasteiger partial charge in [0.15, 0.2) is 0 Å². The van der Waals surface area contributed by atoms with E-state index in [1.54, 1.807) is 0 Å². The van der Waals surface area contributed by atoms with E-state index in [-0.39, 0.29) is 17.2 Å². The Labute approximate surface area is 119 Å². The van der Waals surface area contributed by atoms with E-state index in [2.05, 4.69) is 29.2 Å². The second-order valence-electron chi connectivity index (χ2n) is 4.56. The minimum atomic E-state index is -0.234. The molecule has 1 N–H and O–H groups in total. The summed E-state index contributed by atoms with van der Waals surface area (Å²) in [7, 11) is 0. The molecule has 1 heterocycles. The van der Waals surface area contributed by atoms with Gasteiger partial charge in [0.05, 0.1) is 0 Å². The summed E-state index contributed by atoms with van der Waals surface area (Å²) >= 11 is 0. The van der Waals surface area contributed by atoms with Crippen molar-refractivity contribution in [2.45, 2.75) is 33.7 Å². The molecule has 20 heavy (non-hydrogen) atoms. The molecule has 1 rings (SSSR count). The SMILES string of the molecule is CCCn1nc(C(=O)NCCN(CC)CC)ccc1=O. The van der Waals surface area contributed by atoms with Crippen LogP contribution < -0.4 is 10.9 Å². The summed E-state index contributed by atoms with van der Waals surface area (Å²) in [6.45, 7) is 9.99. The molecule has 0 atom stereocenters. The molecule has 112 valence electrons. The third-order valence-corrected chi connectivity index (χ3v) is 3.14. The molecule has 1 aromatic rings. The quantitative estimate of drug-likeness (QED) is 0.762. The van der Waals surface area contributed by atoms with Gasteiger partial charge in [0.25, 0.3) is 11.5 Å². The Balaban J connectivity index is 2.59. The average molecular weight is 280 g/mol. The van der Waals surface area contributed by atoms with Crippen LogP contribution in [0.2, 0.25) is 0 Å². The Hall–Kier alpha value is -1.69. The molecule has 0 unspecified atom stereocenters. The third kappa shape index (κ3) is 4.77. The number of carbonyl (C=O) groups excluding carboxylic acids is 1. The fourth-order valence-electron chi connectivity index (χ4n) is 1.90. The zero-order chi connectivity index (χ0) is 15.0. The topological polar surface area (TPSA) is 67.2 Å². The van der Waals surface area contributed by atoms with E-state index >= 15 is 0 Å². The Morgan fingerprint density at radius 2 is 2.00 bits per heavy atom. The number of aromatic nitrogens is 2. The van der Waals surface area contributed by atoms with Crippen molar-refractivity contribution in [2.75, 3.05) is 26.2 Å². The largest absolute Gasteiger partial charge is 0.349 e. The van der Waals surface area contributed by atoms with Gasteiger partial charge in [0.2, 0.25) is 0 Å². The minimum absolute atomic E-state index is 0.174. The lowest BCUT2D eigenvalue weighted by molar-refractivity contribution is 0.0941. The highest BCUT2D eigenvalue weighted by Crippen LogP contribution is 1.92. The lowest BCUT2D eigenvalue weighted by Gasteiger charge is -2.17. The van der Waals surface area contributed by atoms with Crippen LogP contribution in [0, 0.1) is 0 Å². The smallest absolute Gasteiger partial charge is 0.271 e. The van der Waals surface area contributed by atoms with Gasteiger partial charge in [-0.05, 0) is 25.6 Å². The summed E-state index contributed by atoms with van der Waals surface area (Å²) < 4.78 is 1.33. The monoisotopic (exact) mass is 280 g/mol. The van der Waals surface area contributed by atoms with Crippen LogP contribution in [0.1, 0.15) is 37.7 Å². The maximum Gasteiger partial charge on any atom is 0.271 e. The molecule has 6 heteroatoms. The van der Waals surface area contributed by atoms with E-state index in [0.29, 0.717) is 13.1 Å². The number of nitrogens with one attached hydrogen (secondary N) is 1. The first-order chi connectivity index (χ1) is 9.62. The summed E-state index contributed by atoms with van der Waals surface area (Å²) in [4.78, 5) is 25.7. The number of nitrogens with zero attached hydrogens (tertiary/aromatic N) is 3. The van der Waals surface area contributed by atoms with Crippen LogP contribution in [0.4, 0.5) is 0 Å². The summed E-state index contributed by atoms with van der Waals surface area (Å²) in [5.41, 5.74) is 0.115. The van der Waals surface area contributed by atoms with Crippen molar-refractivity contribution in [1.82, 2.24) is 20.0 Å². The van der Waals surface area contributed by atoms with Gasteiger partial charge in [-0.15, -0.1) is 0 Å². The lowest BCUT2D eigenvalue weighted by Crippen LogP contribution is -2.36. The summed E-state index contributed by atoms with van der Waals surface area (Å²) in [6, 6.07) is 2.86. The molecule has 0 aliphatic heterocycles. The van der Waals surface area contributed by atoms with Crippen LogP contribution in [-0.4, -0.2) is 46.8 Å². The van der Waals surface area contributed by atoms with E-state index in [9.17, 15) is 9.59 Å². The zero-order valence-electron chi connectivity index (χ0n) is 12.6. The van der Waals surface area contributed by atoms with Gasteiger partial charge >= 0.3 is 0 Å². The van der Waals surface area contributed by atoms with Gasteiger partial charge in [-0.3, -0.25) is 9.59 Å². The number of likely N-dealkylation sites (N-methyl/N-ethyl adjacent to an activating group) is 1. The fourth-order valence-corrected chi connectivity index (χ4v) is 1.90. The molecule has 0 fully saturated rings. The number of carbonyl (C=O) groups is 1. The second kappa shape index (κ2) is 8.47. The highest BCUT2D eigenvalue weighted by molar-refractivity contribution is 5.91. The van der Waals surface area contributed by atoms with E-state index in [0.717, 1.165) is 26.1 Å². The molecule has 6 nitrogen and oxygen atoms in total. The first-order valence-corrected chi connectivity index (χ1v) is 7.21.